The van der Waals surface area contributed by atoms with Gasteiger partial charge >= 0.3 is 0 Å². The first-order chi connectivity index (χ1) is 16.3. The zero-order valence-corrected chi connectivity index (χ0v) is 19.0. The Balaban J connectivity index is 1.38. The van der Waals surface area contributed by atoms with Gasteiger partial charge in [-0.15, -0.1) is 0 Å². The quantitative estimate of drug-likeness (QED) is 0.444. The second-order valence-electron chi connectivity index (χ2n) is 8.37. The first kappa shape index (κ1) is 21.7. The molecule has 11 nitrogen and oxygen atoms in total. The fourth-order valence-electron chi connectivity index (χ4n) is 3.90. The molecule has 2 N–H and O–H groups in total. The number of aromatic nitrogens is 6. The van der Waals surface area contributed by atoms with Crippen LogP contribution < -0.4 is 5.32 Å². The predicted molar refractivity (Wildman–Crippen MR) is 122 cm³/mol. The number of nitrogens with zero attached hydrogens (tertiary/aromatic N) is 7. The number of rotatable bonds is 6. The zero-order valence-electron chi connectivity index (χ0n) is 19.0. The van der Waals surface area contributed by atoms with E-state index in [0.29, 0.717) is 35.3 Å². The summed E-state index contributed by atoms with van der Waals surface area (Å²) in [7, 11) is 3.51. The van der Waals surface area contributed by atoms with Crippen LogP contribution in [0.25, 0.3) is 22.8 Å². The topological polar surface area (TPSA) is 135 Å². The van der Waals surface area contributed by atoms with Gasteiger partial charge in [0.15, 0.2) is 5.76 Å². The number of hydrogen-bond donors (Lipinski definition) is 2. The summed E-state index contributed by atoms with van der Waals surface area (Å²) in [6.45, 7) is 2.43. The summed E-state index contributed by atoms with van der Waals surface area (Å²) in [5.41, 5.74) is 1.38. The summed E-state index contributed by atoms with van der Waals surface area (Å²) in [4.78, 5) is 27.4. The Morgan fingerprint density at radius 3 is 2.59 bits per heavy atom. The van der Waals surface area contributed by atoms with Gasteiger partial charge in [0.2, 0.25) is 11.5 Å². The van der Waals surface area contributed by atoms with Gasteiger partial charge in [0, 0.05) is 45.5 Å². The Kier molecular flexibility index (Phi) is 5.33. The molecule has 174 valence electrons. The average molecular weight is 460 g/mol. The smallest absolute Gasteiger partial charge is 0.262 e. The van der Waals surface area contributed by atoms with Crippen molar-refractivity contribution in [3.8, 4) is 22.8 Å². The number of likely N-dealkylation sites (tertiary alicyclic amines) is 1. The third kappa shape index (κ3) is 3.90. The van der Waals surface area contributed by atoms with Crippen LogP contribution in [-0.4, -0.2) is 59.4 Å². The number of carbonyl (C=O) groups is 1. The molecule has 11 heteroatoms. The minimum absolute atomic E-state index is 0.0764. The number of anilines is 1. The van der Waals surface area contributed by atoms with E-state index in [9.17, 15) is 9.90 Å². The largest absolute Gasteiger partial charge is 0.373 e. The standard InChI is InChI=1S/C23H24N8O3/c1-14(15-8-11-31(3)28-15)25-22-24-10-7-18(27-22)16-5-4-6-17(26-16)19-13-20(34-29-19)23(33)9-12-30(2)21(23)32/h4-8,10-11,13-14,33H,9,12H2,1-3H3,(H,24,25,27)/t14-,23?/m0/s1. The maximum absolute atomic E-state index is 12.4. The lowest BCUT2D eigenvalue weighted by Gasteiger charge is -2.16. The van der Waals surface area contributed by atoms with E-state index in [-0.39, 0.29) is 18.2 Å². The number of hydrogen-bond acceptors (Lipinski definition) is 9. The Hall–Kier alpha value is -4.12. The fraction of sp³-hybridized carbons (Fsp3) is 0.304. The van der Waals surface area contributed by atoms with Crippen molar-refractivity contribution in [2.24, 2.45) is 7.05 Å². The average Bonchev–Trinajstić information content (AvgIpc) is 3.57. The third-order valence-corrected chi connectivity index (χ3v) is 5.88. The van der Waals surface area contributed by atoms with Gasteiger partial charge in [-0.2, -0.15) is 5.10 Å². The maximum atomic E-state index is 12.4. The molecule has 34 heavy (non-hydrogen) atoms. The molecule has 0 spiro atoms. The molecule has 0 aliphatic carbocycles. The highest BCUT2D eigenvalue weighted by Gasteiger charge is 2.48. The van der Waals surface area contributed by atoms with Crippen LogP contribution >= 0.6 is 0 Å². The van der Waals surface area contributed by atoms with Crippen LogP contribution in [0.5, 0.6) is 0 Å². The second kappa shape index (κ2) is 8.34. The molecule has 1 aliphatic heterocycles. The summed E-state index contributed by atoms with van der Waals surface area (Å²) >= 11 is 0. The highest BCUT2D eigenvalue weighted by Crippen LogP contribution is 2.34. The van der Waals surface area contributed by atoms with Crippen molar-refractivity contribution < 1.29 is 14.4 Å². The number of nitrogens with one attached hydrogen (secondary N) is 1. The van der Waals surface area contributed by atoms with Crippen molar-refractivity contribution >= 4 is 11.9 Å². The molecule has 1 saturated heterocycles. The van der Waals surface area contributed by atoms with Crippen molar-refractivity contribution in [2.45, 2.75) is 25.0 Å². The van der Waals surface area contributed by atoms with Crippen molar-refractivity contribution in [2.75, 3.05) is 18.9 Å². The molecule has 1 fully saturated rings. The Morgan fingerprint density at radius 1 is 1.12 bits per heavy atom. The van der Waals surface area contributed by atoms with Crippen LogP contribution in [0.4, 0.5) is 5.95 Å². The molecule has 1 aliphatic rings. The highest BCUT2D eigenvalue weighted by atomic mass is 16.5. The highest BCUT2D eigenvalue weighted by molar-refractivity contribution is 5.87. The van der Waals surface area contributed by atoms with Crippen molar-refractivity contribution in [3.63, 3.8) is 0 Å². The van der Waals surface area contributed by atoms with Crippen LogP contribution in [0.3, 0.4) is 0 Å². The summed E-state index contributed by atoms with van der Waals surface area (Å²) in [6.07, 6.45) is 3.79. The van der Waals surface area contributed by atoms with Gasteiger partial charge < -0.3 is 19.8 Å². The van der Waals surface area contributed by atoms with E-state index >= 15 is 0 Å². The van der Waals surface area contributed by atoms with Gasteiger partial charge in [0.1, 0.15) is 5.69 Å². The predicted octanol–water partition coefficient (Wildman–Crippen LogP) is 2.15. The van der Waals surface area contributed by atoms with Crippen LogP contribution in [0.1, 0.15) is 30.8 Å². The number of pyridine rings is 1. The summed E-state index contributed by atoms with van der Waals surface area (Å²) < 4.78 is 7.09. The first-order valence-electron chi connectivity index (χ1n) is 10.9. The first-order valence-corrected chi connectivity index (χ1v) is 10.9. The van der Waals surface area contributed by atoms with E-state index in [4.69, 9.17) is 4.52 Å². The van der Waals surface area contributed by atoms with E-state index < -0.39 is 11.5 Å². The minimum Gasteiger partial charge on any atom is -0.373 e. The number of aryl methyl sites for hydroxylation is 1. The van der Waals surface area contributed by atoms with Crippen LogP contribution in [0.2, 0.25) is 0 Å². The molecule has 4 aromatic heterocycles. The summed E-state index contributed by atoms with van der Waals surface area (Å²) in [5.74, 6) is 0.164. The fourth-order valence-corrected chi connectivity index (χ4v) is 3.90. The van der Waals surface area contributed by atoms with Crippen molar-refractivity contribution in [1.82, 2.24) is 34.8 Å². The SMILES string of the molecule is C[C@H](Nc1nccc(-c2cccc(-c3cc(C4(O)CCN(C)C4=O)on3)n2)n1)c1ccn(C)n1. The molecule has 5 rings (SSSR count). The van der Waals surface area contributed by atoms with Gasteiger partial charge in [-0.3, -0.25) is 9.48 Å². The van der Waals surface area contributed by atoms with E-state index in [1.54, 1.807) is 36.1 Å². The molecule has 0 aromatic carbocycles. The molecular weight excluding hydrogens is 436 g/mol. The van der Waals surface area contributed by atoms with Crippen LogP contribution in [0.15, 0.2) is 53.3 Å². The molecule has 5 heterocycles. The molecule has 1 unspecified atom stereocenters. The lowest BCUT2D eigenvalue weighted by Crippen LogP contribution is -2.35. The lowest BCUT2D eigenvalue weighted by molar-refractivity contribution is -0.144. The minimum atomic E-state index is -1.70. The Labute approximate surface area is 195 Å². The van der Waals surface area contributed by atoms with Crippen LogP contribution in [0, 0.1) is 0 Å². The Bertz CT molecular complexity index is 1350. The van der Waals surface area contributed by atoms with E-state index in [2.05, 4.69) is 30.5 Å². The van der Waals surface area contributed by atoms with E-state index in [1.165, 1.54) is 4.90 Å². The number of aliphatic hydroxyl groups is 1. The Morgan fingerprint density at radius 2 is 1.88 bits per heavy atom. The summed E-state index contributed by atoms with van der Waals surface area (Å²) in [5, 5.41) is 22.5. The monoisotopic (exact) mass is 460 g/mol. The lowest BCUT2D eigenvalue weighted by atomic mass is 9.98. The molecule has 4 aromatic rings. The normalized spacial score (nSPS) is 18.9. The molecule has 1 amide bonds. The molecule has 0 saturated carbocycles. The number of carbonyl (C=O) groups excluding carboxylic acids is 1. The van der Waals surface area contributed by atoms with Gasteiger partial charge in [0.05, 0.1) is 28.8 Å². The molecule has 0 radical (unpaired) electrons. The molecular formula is C23H24N8O3. The zero-order chi connectivity index (χ0) is 23.9. The second-order valence-corrected chi connectivity index (χ2v) is 8.37. The maximum Gasteiger partial charge on any atom is 0.262 e. The number of amides is 1. The third-order valence-electron chi connectivity index (χ3n) is 5.88. The van der Waals surface area contributed by atoms with Crippen LogP contribution in [-0.2, 0) is 17.4 Å². The van der Waals surface area contributed by atoms with Gasteiger partial charge in [-0.05, 0) is 31.2 Å². The number of likely N-dealkylation sites (N-methyl/N-ethyl adjacent to an activating group) is 1. The van der Waals surface area contributed by atoms with Gasteiger partial charge in [-0.25, -0.2) is 15.0 Å². The van der Waals surface area contributed by atoms with Crippen molar-refractivity contribution in [1.29, 1.82) is 0 Å². The van der Waals surface area contributed by atoms with E-state index in [1.807, 2.05) is 38.4 Å². The molecule has 0 bridgehead atoms. The van der Waals surface area contributed by atoms with Gasteiger partial charge in [-0.1, -0.05) is 11.2 Å². The van der Waals surface area contributed by atoms with E-state index in [0.717, 1.165) is 5.69 Å². The van der Waals surface area contributed by atoms with Gasteiger partial charge in [0.25, 0.3) is 5.91 Å². The molecule has 2 atom stereocenters. The summed E-state index contributed by atoms with van der Waals surface area (Å²) in [6, 6.07) is 10.6. The van der Waals surface area contributed by atoms with Crippen molar-refractivity contribution in [3.05, 3.63) is 60.2 Å².